The number of carbonyl (C=O) groups excluding carboxylic acids is 1. The van der Waals surface area contributed by atoms with Crippen molar-refractivity contribution in [3.63, 3.8) is 0 Å². The van der Waals surface area contributed by atoms with E-state index in [-0.39, 0.29) is 29.0 Å². The fraction of sp³-hybridized carbons (Fsp3) is 0.417. The third-order valence-corrected chi connectivity index (χ3v) is 8.78. The molecule has 0 aliphatic carbocycles. The lowest BCUT2D eigenvalue weighted by molar-refractivity contribution is 0.0978. The average molecular weight is 521 g/mol. The highest BCUT2D eigenvalue weighted by atomic mass is 32.2. The van der Waals surface area contributed by atoms with Gasteiger partial charge >= 0.3 is 0 Å². The molecule has 188 valence electrons. The lowest BCUT2D eigenvalue weighted by atomic mass is 10.2. The number of fused-ring (bicyclic) bond motifs is 1. The second-order valence-electron chi connectivity index (χ2n) is 8.79. The Morgan fingerprint density at radius 3 is 2.51 bits per heavy atom. The maximum Gasteiger partial charge on any atom is 0.260 e. The number of anilines is 1. The summed E-state index contributed by atoms with van der Waals surface area (Å²) in [6.45, 7) is 1.86. The predicted molar refractivity (Wildman–Crippen MR) is 135 cm³/mol. The first-order valence-electron chi connectivity index (χ1n) is 11.4. The Morgan fingerprint density at radius 2 is 1.89 bits per heavy atom. The predicted octanol–water partition coefficient (Wildman–Crippen LogP) is 3.44. The zero-order chi connectivity index (χ0) is 25.2. The van der Waals surface area contributed by atoms with Gasteiger partial charge in [0.1, 0.15) is 11.3 Å². The van der Waals surface area contributed by atoms with Gasteiger partial charge in [-0.1, -0.05) is 17.4 Å². The monoisotopic (exact) mass is 520 g/mol. The van der Waals surface area contributed by atoms with Gasteiger partial charge in [0, 0.05) is 38.9 Å². The molecule has 0 spiro atoms. The normalized spacial score (nSPS) is 16.5. The van der Waals surface area contributed by atoms with Crippen LogP contribution in [0.3, 0.4) is 0 Å². The molecule has 0 saturated carbocycles. The molecule has 8 nitrogen and oxygen atoms in total. The van der Waals surface area contributed by atoms with Gasteiger partial charge in [-0.2, -0.15) is 4.31 Å². The summed E-state index contributed by atoms with van der Waals surface area (Å²) in [6.07, 6.45) is 1.67. The van der Waals surface area contributed by atoms with Gasteiger partial charge < -0.3 is 9.64 Å². The van der Waals surface area contributed by atoms with Crippen LogP contribution in [0.15, 0.2) is 47.4 Å². The van der Waals surface area contributed by atoms with E-state index < -0.39 is 15.8 Å². The van der Waals surface area contributed by atoms with E-state index in [0.29, 0.717) is 35.1 Å². The summed E-state index contributed by atoms with van der Waals surface area (Å²) in [5, 5.41) is 0.393. The van der Waals surface area contributed by atoms with Crippen LogP contribution in [-0.4, -0.2) is 82.0 Å². The molecular weight excluding hydrogens is 491 g/mol. The summed E-state index contributed by atoms with van der Waals surface area (Å²) in [5.74, 6) is -0.769. The van der Waals surface area contributed by atoms with Crippen molar-refractivity contribution in [1.29, 1.82) is 0 Å². The summed E-state index contributed by atoms with van der Waals surface area (Å²) in [4.78, 5) is 21.4. The molecule has 0 N–H and O–H groups in total. The van der Waals surface area contributed by atoms with Gasteiger partial charge in [0.25, 0.3) is 5.91 Å². The number of aromatic nitrogens is 1. The zero-order valence-electron chi connectivity index (χ0n) is 20.0. The molecule has 2 heterocycles. The van der Waals surface area contributed by atoms with Crippen LogP contribution < -0.4 is 4.90 Å². The van der Waals surface area contributed by atoms with Crippen LogP contribution in [0.25, 0.3) is 10.2 Å². The zero-order valence-corrected chi connectivity index (χ0v) is 21.6. The highest BCUT2D eigenvalue weighted by Gasteiger charge is 2.27. The van der Waals surface area contributed by atoms with E-state index in [0.717, 1.165) is 12.8 Å². The van der Waals surface area contributed by atoms with Crippen molar-refractivity contribution in [3.05, 3.63) is 53.8 Å². The van der Waals surface area contributed by atoms with Crippen LogP contribution in [0.4, 0.5) is 9.52 Å². The van der Waals surface area contributed by atoms with Gasteiger partial charge in [0.05, 0.1) is 15.7 Å². The second-order valence-corrected chi connectivity index (χ2v) is 11.8. The SMILES string of the molecule is CN(C)CCN(C(=O)c1ccc(S(=O)(=O)N(C)C[C@@H]2CCCO2)cc1)c1nc2c(F)cccc2s1. The minimum Gasteiger partial charge on any atom is -0.377 e. The van der Waals surface area contributed by atoms with Crippen molar-refractivity contribution in [2.75, 3.05) is 52.3 Å². The van der Waals surface area contributed by atoms with E-state index in [1.807, 2.05) is 19.0 Å². The van der Waals surface area contributed by atoms with E-state index in [1.54, 1.807) is 12.1 Å². The molecule has 1 atom stereocenters. The average Bonchev–Trinajstić information content (AvgIpc) is 3.49. The van der Waals surface area contributed by atoms with Crippen molar-refractivity contribution in [2.45, 2.75) is 23.8 Å². The Balaban J connectivity index is 1.57. The topological polar surface area (TPSA) is 83.1 Å². The molecule has 1 amide bonds. The number of ether oxygens (including phenoxy) is 1. The number of thiazole rings is 1. The Kier molecular flexibility index (Phi) is 7.82. The van der Waals surface area contributed by atoms with E-state index in [2.05, 4.69) is 4.98 Å². The summed E-state index contributed by atoms with van der Waals surface area (Å²) < 4.78 is 47.7. The summed E-state index contributed by atoms with van der Waals surface area (Å²) in [5.41, 5.74) is 0.551. The third-order valence-electron chi connectivity index (χ3n) is 5.90. The molecule has 0 unspecified atom stereocenters. The molecule has 4 rings (SSSR count). The van der Waals surface area contributed by atoms with Crippen molar-refractivity contribution in [2.24, 2.45) is 0 Å². The van der Waals surface area contributed by atoms with Crippen LogP contribution in [-0.2, 0) is 14.8 Å². The van der Waals surface area contributed by atoms with Gasteiger partial charge in [-0.3, -0.25) is 9.69 Å². The molecule has 11 heteroatoms. The van der Waals surface area contributed by atoms with Crippen LogP contribution in [0.5, 0.6) is 0 Å². The Morgan fingerprint density at radius 1 is 1.14 bits per heavy atom. The van der Waals surface area contributed by atoms with Crippen LogP contribution in [0, 0.1) is 5.82 Å². The van der Waals surface area contributed by atoms with E-state index >= 15 is 0 Å². The molecule has 1 aromatic heterocycles. The Hall–Kier alpha value is -2.44. The van der Waals surface area contributed by atoms with Gasteiger partial charge in [-0.15, -0.1) is 0 Å². The molecular formula is C24H29FN4O4S2. The number of rotatable bonds is 9. The van der Waals surface area contributed by atoms with Crippen molar-refractivity contribution in [1.82, 2.24) is 14.2 Å². The first kappa shape index (κ1) is 25.6. The number of para-hydroxylation sites is 1. The fourth-order valence-corrected chi connectivity index (χ4v) is 6.09. The van der Waals surface area contributed by atoms with Crippen molar-refractivity contribution < 1.29 is 22.3 Å². The lowest BCUT2D eigenvalue weighted by Gasteiger charge is -2.22. The highest BCUT2D eigenvalue weighted by Crippen LogP contribution is 2.31. The van der Waals surface area contributed by atoms with Gasteiger partial charge in [0.15, 0.2) is 5.13 Å². The summed E-state index contributed by atoms with van der Waals surface area (Å²) >= 11 is 1.24. The van der Waals surface area contributed by atoms with Crippen molar-refractivity contribution >= 4 is 42.6 Å². The summed E-state index contributed by atoms with van der Waals surface area (Å²) in [6, 6.07) is 10.6. The number of benzene rings is 2. The van der Waals surface area contributed by atoms with E-state index in [1.165, 1.54) is 57.9 Å². The molecule has 3 aromatic rings. The molecule has 1 fully saturated rings. The summed E-state index contributed by atoms with van der Waals surface area (Å²) in [7, 11) is 1.61. The lowest BCUT2D eigenvalue weighted by Crippen LogP contribution is -2.37. The van der Waals surface area contributed by atoms with Gasteiger partial charge in [-0.05, 0) is 63.3 Å². The molecule has 1 aliphatic heterocycles. The molecule has 1 aliphatic rings. The van der Waals surface area contributed by atoms with Gasteiger partial charge in [-0.25, -0.2) is 17.8 Å². The Bertz CT molecular complexity index is 1290. The van der Waals surface area contributed by atoms with Gasteiger partial charge in [0.2, 0.25) is 10.0 Å². The second kappa shape index (κ2) is 10.7. The van der Waals surface area contributed by atoms with Crippen LogP contribution >= 0.6 is 11.3 Å². The number of hydrogen-bond donors (Lipinski definition) is 0. The molecule has 35 heavy (non-hydrogen) atoms. The van der Waals surface area contributed by atoms with Crippen LogP contribution in [0.2, 0.25) is 0 Å². The van der Waals surface area contributed by atoms with E-state index in [9.17, 15) is 17.6 Å². The third kappa shape index (κ3) is 5.70. The highest BCUT2D eigenvalue weighted by molar-refractivity contribution is 7.89. The van der Waals surface area contributed by atoms with Crippen LogP contribution in [0.1, 0.15) is 23.2 Å². The smallest absolute Gasteiger partial charge is 0.260 e. The van der Waals surface area contributed by atoms with E-state index in [4.69, 9.17) is 4.74 Å². The maximum absolute atomic E-state index is 14.2. The minimum absolute atomic E-state index is 0.0977. The molecule has 1 saturated heterocycles. The standard InChI is InChI=1S/C24H29FN4O4S2/c1-27(2)13-14-29(24-26-22-20(25)7-4-8-21(22)34-24)23(30)17-9-11-19(12-10-17)35(31,32)28(3)16-18-6-5-15-33-18/h4,7-12,18H,5-6,13-16H2,1-3H3/t18-/m0/s1. The first-order valence-corrected chi connectivity index (χ1v) is 13.6. The number of likely N-dealkylation sites (N-methyl/N-ethyl adjacent to an activating group) is 2. The van der Waals surface area contributed by atoms with Crippen molar-refractivity contribution in [3.8, 4) is 0 Å². The number of nitrogens with zero attached hydrogens (tertiary/aromatic N) is 4. The number of amides is 1. The maximum atomic E-state index is 14.2. The largest absolute Gasteiger partial charge is 0.377 e. The molecule has 0 radical (unpaired) electrons. The number of carbonyl (C=O) groups is 1. The minimum atomic E-state index is -3.72. The molecule has 0 bridgehead atoms. The fourth-order valence-electron chi connectivity index (χ4n) is 3.88. The Labute approximate surface area is 209 Å². The number of sulfonamides is 1. The quantitative estimate of drug-likeness (QED) is 0.430. The first-order chi connectivity index (χ1) is 16.7. The molecule has 2 aromatic carbocycles. The number of halogens is 1. The number of hydrogen-bond acceptors (Lipinski definition) is 7.